The van der Waals surface area contributed by atoms with Gasteiger partial charge in [-0.2, -0.15) is 5.26 Å². The summed E-state index contributed by atoms with van der Waals surface area (Å²) in [6, 6.07) is 10.7. The molecule has 0 heterocycles. The Kier molecular flexibility index (Phi) is 3.55. The van der Waals surface area contributed by atoms with E-state index in [2.05, 4.69) is 11.0 Å². The normalized spacial score (nSPS) is 15.1. The van der Waals surface area contributed by atoms with Gasteiger partial charge in [-0.25, -0.2) is 0 Å². The second-order valence-electron chi connectivity index (χ2n) is 4.26. The third kappa shape index (κ3) is 2.60. The largest absolute Gasteiger partial charge is 0.329 e. The maximum Gasteiger partial charge on any atom is 0.0995 e. The molecule has 0 radical (unpaired) electrons. The predicted octanol–water partition coefficient (Wildman–Crippen LogP) is 1.48. The molecule has 3 heteroatoms. The molecule has 1 aliphatic carbocycles. The smallest absolute Gasteiger partial charge is 0.0995 e. The first-order chi connectivity index (χ1) is 7.85. The second kappa shape index (κ2) is 5.11. The van der Waals surface area contributed by atoms with Crippen LogP contribution < -0.4 is 5.73 Å². The monoisotopic (exact) mass is 215 g/mol. The third-order valence-corrected chi connectivity index (χ3v) is 2.99. The van der Waals surface area contributed by atoms with Gasteiger partial charge in [-0.05, 0) is 24.5 Å². The molecule has 1 aromatic carbocycles. The number of nitriles is 1. The number of nitrogens with two attached hydrogens (primary N) is 1. The summed E-state index contributed by atoms with van der Waals surface area (Å²) >= 11 is 0. The van der Waals surface area contributed by atoms with Gasteiger partial charge in [0.2, 0.25) is 0 Å². The number of hydrogen-bond donors (Lipinski definition) is 1. The first kappa shape index (κ1) is 11.1. The minimum atomic E-state index is 0.686. The van der Waals surface area contributed by atoms with Gasteiger partial charge in [0, 0.05) is 25.7 Å². The molecule has 1 fully saturated rings. The molecule has 0 amide bonds. The van der Waals surface area contributed by atoms with Crippen molar-refractivity contribution in [1.82, 2.24) is 4.90 Å². The lowest BCUT2D eigenvalue weighted by molar-refractivity contribution is 0.262. The van der Waals surface area contributed by atoms with E-state index >= 15 is 0 Å². The minimum absolute atomic E-state index is 0.686. The Morgan fingerprint density at radius 2 is 2.12 bits per heavy atom. The summed E-state index contributed by atoms with van der Waals surface area (Å²) in [5, 5.41) is 9.02. The van der Waals surface area contributed by atoms with E-state index in [-0.39, 0.29) is 0 Å². The molecular formula is C13H17N3. The molecular weight excluding hydrogens is 198 g/mol. The molecule has 0 spiro atoms. The predicted molar refractivity (Wildman–Crippen MR) is 63.6 cm³/mol. The highest BCUT2D eigenvalue weighted by Gasteiger charge is 2.28. The van der Waals surface area contributed by atoms with Gasteiger partial charge in [0.15, 0.2) is 0 Å². The Balaban J connectivity index is 2.09. The van der Waals surface area contributed by atoms with Crippen LogP contribution in [0, 0.1) is 11.3 Å². The van der Waals surface area contributed by atoms with Crippen LogP contribution in [0.4, 0.5) is 0 Å². The molecule has 0 aliphatic heterocycles. The van der Waals surface area contributed by atoms with Crippen molar-refractivity contribution in [2.24, 2.45) is 5.73 Å². The molecule has 3 nitrogen and oxygen atoms in total. The van der Waals surface area contributed by atoms with Crippen LogP contribution in [-0.2, 0) is 6.54 Å². The number of hydrogen-bond acceptors (Lipinski definition) is 3. The molecule has 2 rings (SSSR count). The van der Waals surface area contributed by atoms with Crippen molar-refractivity contribution in [3.8, 4) is 6.07 Å². The molecule has 16 heavy (non-hydrogen) atoms. The summed E-state index contributed by atoms with van der Waals surface area (Å²) in [4.78, 5) is 2.39. The molecule has 84 valence electrons. The fourth-order valence-electron chi connectivity index (χ4n) is 1.98. The fourth-order valence-corrected chi connectivity index (χ4v) is 1.98. The quantitative estimate of drug-likeness (QED) is 0.809. The van der Waals surface area contributed by atoms with Crippen molar-refractivity contribution in [2.45, 2.75) is 25.4 Å². The average molecular weight is 215 g/mol. The zero-order valence-electron chi connectivity index (χ0n) is 9.39. The molecule has 1 aliphatic rings. The van der Waals surface area contributed by atoms with Gasteiger partial charge in [0.25, 0.3) is 0 Å². The van der Waals surface area contributed by atoms with Crippen molar-refractivity contribution in [3.63, 3.8) is 0 Å². The maximum absolute atomic E-state index is 9.02. The molecule has 0 unspecified atom stereocenters. The van der Waals surface area contributed by atoms with E-state index in [1.165, 1.54) is 12.8 Å². The lowest BCUT2D eigenvalue weighted by Crippen LogP contribution is -2.31. The van der Waals surface area contributed by atoms with E-state index in [4.69, 9.17) is 11.0 Å². The molecule has 0 bridgehead atoms. The lowest BCUT2D eigenvalue weighted by atomic mass is 10.1. The fraction of sp³-hybridized carbons (Fsp3) is 0.462. The Morgan fingerprint density at radius 3 is 2.75 bits per heavy atom. The van der Waals surface area contributed by atoms with Gasteiger partial charge in [-0.1, -0.05) is 18.2 Å². The van der Waals surface area contributed by atoms with Crippen molar-refractivity contribution in [2.75, 3.05) is 13.1 Å². The van der Waals surface area contributed by atoms with Gasteiger partial charge in [-0.15, -0.1) is 0 Å². The van der Waals surface area contributed by atoms with E-state index < -0.39 is 0 Å². The molecule has 0 aromatic heterocycles. The summed E-state index contributed by atoms with van der Waals surface area (Å²) in [5.74, 6) is 0. The molecule has 1 saturated carbocycles. The average Bonchev–Trinajstić information content (AvgIpc) is 3.13. The van der Waals surface area contributed by atoms with Crippen molar-refractivity contribution in [3.05, 3.63) is 35.4 Å². The van der Waals surface area contributed by atoms with Crippen LogP contribution in [0.5, 0.6) is 0 Å². The summed E-state index contributed by atoms with van der Waals surface area (Å²) < 4.78 is 0. The Labute approximate surface area is 96.5 Å². The van der Waals surface area contributed by atoms with Crippen LogP contribution in [0.15, 0.2) is 24.3 Å². The van der Waals surface area contributed by atoms with Gasteiger partial charge in [-0.3, -0.25) is 4.90 Å². The summed E-state index contributed by atoms with van der Waals surface area (Å²) in [6.45, 7) is 2.46. The summed E-state index contributed by atoms with van der Waals surface area (Å²) in [7, 11) is 0. The van der Waals surface area contributed by atoms with E-state index in [0.717, 1.165) is 24.2 Å². The highest BCUT2D eigenvalue weighted by molar-refractivity contribution is 5.37. The van der Waals surface area contributed by atoms with E-state index in [1.807, 2.05) is 24.3 Å². The first-order valence-electron chi connectivity index (χ1n) is 5.77. The first-order valence-corrected chi connectivity index (χ1v) is 5.77. The number of benzene rings is 1. The maximum atomic E-state index is 9.02. The molecule has 0 saturated heterocycles. The van der Waals surface area contributed by atoms with Crippen molar-refractivity contribution < 1.29 is 0 Å². The lowest BCUT2D eigenvalue weighted by Gasteiger charge is -2.21. The Hall–Kier alpha value is -1.37. The summed E-state index contributed by atoms with van der Waals surface area (Å²) in [6.07, 6.45) is 2.55. The SMILES string of the molecule is N#Cc1ccccc1CN(CCN)C1CC1. The molecule has 2 N–H and O–H groups in total. The van der Waals surface area contributed by atoms with Crippen LogP contribution in [0.2, 0.25) is 0 Å². The molecule has 0 atom stereocenters. The number of nitrogens with zero attached hydrogens (tertiary/aromatic N) is 2. The zero-order chi connectivity index (χ0) is 11.4. The highest BCUT2D eigenvalue weighted by atomic mass is 15.2. The Morgan fingerprint density at radius 1 is 1.38 bits per heavy atom. The van der Waals surface area contributed by atoms with E-state index in [1.54, 1.807) is 0 Å². The van der Waals surface area contributed by atoms with E-state index in [9.17, 15) is 0 Å². The second-order valence-corrected chi connectivity index (χ2v) is 4.26. The van der Waals surface area contributed by atoms with Gasteiger partial charge in [0.1, 0.15) is 0 Å². The van der Waals surface area contributed by atoms with Gasteiger partial charge >= 0.3 is 0 Å². The number of rotatable bonds is 5. The molecule has 1 aromatic rings. The van der Waals surface area contributed by atoms with Gasteiger partial charge in [0.05, 0.1) is 11.6 Å². The van der Waals surface area contributed by atoms with Crippen LogP contribution in [0.3, 0.4) is 0 Å². The Bertz CT molecular complexity index is 390. The minimum Gasteiger partial charge on any atom is -0.329 e. The van der Waals surface area contributed by atoms with Crippen molar-refractivity contribution in [1.29, 1.82) is 5.26 Å². The zero-order valence-corrected chi connectivity index (χ0v) is 9.39. The van der Waals surface area contributed by atoms with Crippen LogP contribution in [0.1, 0.15) is 24.0 Å². The van der Waals surface area contributed by atoms with Crippen LogP contribution >= 0.6 is 0 Å². The van der Waals surface area contributed by atoms with Crippen molar-refractivity contribution >= 4 is 0 Å². The topological polar surface area (TPSA) is 53.0 Å². The van der Waals surface area contributed by atoms with Crippen LogP contribution in [-0.4, -0.2) is 24.0 Å². The third-order valence-electron chi connectivity index (χ3n) is 2.99. The summed E-state index contributed by atoms with van der Waals surface area (Å²) in [5.41, 5.74) is 7.51. The van der Waals surface area contributed by atoms with Crippen LogP contribution in [0.25, 0.3) is 0 Å². The standard InChI is InChI=1S/C13H17N3/c14-7-8-16(13-5-6-13)10-12-4-2-1-3-11(12)9-15/h1-4,13H,5-8,10,14H2. The van der Waals surface area contributed by atoms with E-state index in [0.29, 0.717) is 12.6 Å². The van der Waals surface area contributed by atoms with Gasteiger partial charge < -0.3 is 5.73 Å². The highest BCUT2D eigenvalue weighted by Crippen LogP contribution is 2.28.